The predicted molar refractivity (Wildman–Crippen MR) is 136 cm³/mol. The van der Waals surface area contributed by atoms with Crippen LogP contribution in [0.2, 0.25) is 0 Å². The van der Waals surface area contributed by atoms with Crippen LogP contribution in [0.1, 0.15) is 32.3 Å². The maximum Gasteiger partial charge on any atom is 0.409 e. The maximum atomic E-state index is 11.9. The quantitative estimate of drug-likeness (QED) is 0.271. The third-order valence-electron chi connectivity index (χ3n) is 5.15. The SMILES string of the molecule is CCNC(=NCCc1c(OC)cc(OC)cc1OC)NC1CCN(C(=O)OCC)CC1.I. The fraction of sp³-hybridized carbons (Fsp3) is 0.636. The van der Waals surface area contributed by atoms with E-state index in [2.05, 4.69) is 10.6 Å². The molecule has 0 aromatic heterocycles. The Kier molecular flexibility index (Phi) is 13.0. The van der Waals surface area contributed by atoms with Crippen LogP contribution in [0.25, 0.3) is 0 Å². The van der Waals surface area contributed by atoms with Gasteiger partial charge < -0.3 is 34.5 Å². The van der Waals surface area contributed by atoms with Gasteiger partial charge in [0.25, 0.3) is 0 Å². The molecule has 1 heterocycles. The van der Waals surface area contributed by atoms with Crippen molar-refractivity contribution in [2.45, 2.75) is 39.2 Å². The van der Waals surface area contributed by atoms with Crippen molar-refractivity contribution in [3.63, 3.8) is 0 Å². The number of nitrogens with zero attached hydrogens (tertiary/aromatic N) is 2. The number of ether oxygens (including phenoxy) is 4. The molecule has 0 aliphatic carbocycles. The Balaban J connectivity index is 0.00000512. The Morgan fingerprint density at radius 1 is 1.09 bits per heavy atom. The Bertz CT molecular complexity index is 714. The second-order valence-electron chi connectivity index (χ2n) is 7.13. The average Bonchev–Trinajstić information content (AvgIpc) is 2.79. The number of halogens is 1. The van der Waals surface area contributed by atoms with Crippen LogP contribution in [0.5, 0.6) is 17.2 Å². The lowest BCUT2D eigenvalue weighted by Gasteiger charge is -2.32. The number of rotatable bonds is 9. The van der Waals surface area contributed by atoms with Crippen molar-refractivity contribution in [3.8, 4) is 17.2 Å². The van der Waals surface area contributed by atoms with Crippen LogP contribution in [0.3, 0.4) is 0 Å². The summed E-state index contributed by atoms with van der Waals surface area (Å²) in [5, 5.41) is 6.78. The zero-order chi connectivity index (χ0) is 22.6. The fourth-order valence-electron chi connectivity index (χ4n) is 3.54. The van der Waals surface area contributed by atoms with Gasteiger partial charge in [0.15, 0.2) is 5.96 Å². The van der Waals surface area contributed by atoms with Crippen LogP contribution in [-0.4, -0.2) is 77.1 Å². The number of carbonyl (C=O) groups is 1. The molecule has 0 spiro atoms. The molecule has 1 aliphatic heterocycles. The summed E-state index contributed by atoms with van der Waals surface area (Å²) in [7, 11) is 4.88. The molecule has 2 N–H and O–H groups in total. The minimum absolute atomic E-state index is 0. The monoisotopic (exact) mass is 564 g/mol. The Hall–Kier alpha value is -2.11. The topological polar surface area (TPSA) is 93.7 Å². The van der Waals surface area contributed by atoms with E-state index in [0.717, 1.165) is 42.4 Å². The summed E-state index contributed by atoms with van der Waals surface area (Å²) >= 11 is 0. The standard InChI is InChI=1S/C22H36N4O5.HI/c1-6-23-21(25-16-9-12-26(13-10-16)22(27)31-7-2)24-11-8-18-19(29-4)14-17(28-3)15-20(18)30-5;/h14-16H,6-13H2,1-5H3,(H2,23,24,25);1H. The molecule has 0 bridgehead atoms. The minimum atomic E-state index is -0.232. The first kappa shape index (κ1) is 27.9. The molecule has 1 amide bonds. The molecule has 1 aliphatic rings. The molecule has 182 valence electrons. The average molecular weight is 564 g/mol. The summed E-state index contributed by atoms with van der Waals surface area (Å²) in [4.78, 5) is 18.4. The fourth-order valence-corrected chi connectivity index (χ4v) is 3.54. The zero-order valence-electron chi connectivity index (χ0n) is 19.7. The van der Waals surface area contributed by atoms with E-state index in [9.17, 15) is 4.79 Å². The number of guanidine groups is 1. The Labute approximate surface area is 208 Å². The third kappa shape index (κ3) is 8.10. The summed E-state index contributed by atoms with van der Waals surface area (Å²) < 4.78 is 21.4. The van der Waals surface area contributed by atoms with Gasteiger partial charge in [-0.1, -0.05) is 0 Å². The van der Waals surface area contributed by atoms with Gasteiger partial charge in [-0.2, -0.15) is 0 Å². The van der Waals surface area contributed by atoms with Crippen LogP contribution >= 0.6 is 24.0 Å². The Morgan fingerprint density at radius 3 is 2.22 bits per heavy atom. The highest BCUT2D eigenvalue weighted by atomic mass is 127. The third-order valence-corrected chi connectivity index (χ3v) is 5.15. The van der Waals surface area contributed by atoms with E-state index in [-0.39, 0.29) is 36.1 Å². The van der Waals surface area contributed by atoms with Gasteiger partial charge in [-0.3, -0.25) is 4.99 Å². The van der Waals surface area contributed by atoms with Crippen molar-refractivity contribution in [2.75, 3.05) is 54.1 Å². The van der Waals surface area contributed by atoms with Crippen LogP contribution < -0.4 is 24.8 Å². The molecule has 1 aromatic carbocycles. The van der Waals surface area contributed by atoms with Crippen LogP contribution in [-0.2, 0) is 11.2 Å². The van der Waals surface area contributed by atoms with E-state index in [0.29, 0.717) is 38.4 Å². The number of hydrogen-bond acceptors (Lipinski definition) is 6. The lowest BCUT2D eigenvalue weighted by Crippen LogP contribution is -2.50. The van der Waals surface area contributed by atoms with Gasteiger partial charge in [0, 0.05) is 49.9 Å². The van der Waals surface area contributed by atoms with E-state index in [4.69, 9.17) is 23.9 Å². The second-order valence-corrected chi connectivity index (χ2v) is 7.13. The number of benzene rings is 1. The summed E-state index contributed by atoms with van der Waals surface area (Å²) in [6.45, 7) is 6.95. The second kappa shape index (κ2) is 14.9. The van der Waals surface area contributed by atoms with E-state index < -0.39 is 0 Å². The van der Waals surface area contributed by atoms with Crippen LogP contribution in [0, 0.1) is 0 Å². The molecule has 0 saturated carbocycles. The summed E-state index contributed by atoms with van der Waals surface area (Å²) in [6.07, 6.45) is 2.13. The molecule has 0 radical (unpaired) electrons. The number of likely N-dealkylation sites (tertiary alicyclic amines) is 1. The molecule has 1 saturated heterocycles. The van der Waals surface area contributed by atoms with Crippen LogP contribution in [0.4, 0.5) is 4.79 Å². The first-order valence-corrected chi connectivity index (χ1v) is 10.8. The highest BCUT2D eigenvalue weighted by molar-refractivity contribution is 14.0. The summed E-state index contributed by atoms with van der Waals surface area (Å²) in [5.41, 5.74) is 0.952. The van der Waals surface area contributed by atoms with Gasteiger partial charge in [-0.05, 0) is 33.1 Å². The number of piperidine rings is 1. The molecule has 10 heteroatoms. The molecule has 32 heavy (non-hydrogen) atoms. The maximum absolute atomic E-state index is 11.9. The highest BCUT2D eigenvalue weighted by Crippen LogP contribution is 2.34. The van der Waals surface area contributed by atoms with Crippen molar-refractivity contribution in [2.24, 2.45) is 4.99 Å². The molecule has 0 atom stereocenters. The lowest BCUT2D eigenvalue weighted by atomic mass is 10.1. The number of amides is 1. The molecule has 0 unspecified atom stereocenters. The number of hydrogen-bond donors (Lipinski definition) is 2. The zero-order valence-corrected chi connectivity index (χ0v) is 22.1. The Morgan fingerprint density at radius 2 is 1.72 bits per heavy atom. The molecule has 2 rings (SSSR count). The van der Waals surface area contributed by atoms with E-state index in [1.54, 1.807) is 26.2 Å². The van der Waals surface area contributed by atoms with Crippen molar-refractivity contribution in [1.82, 2.24) is 15.5 Å². The smallest absolute Gasteiger partial charge is 0.409 e. The normalized spacial score (nSPS) is 14.3. The van der Waals surface area contributed by atoms with Crippen molar-refractivity contribution in [1.29, 1.82) is 0 Å². The van der Waals surface area contributed by atoms with Gasteiger partial charge in [-0.25, -0.2) is 4.79 Å². The van der Waals surface area contributed by atoms with Crippen molar-refractivity contribution in [3.05, 3.63) is 17.7 Å². The molecule has 9 nitrogen and oxygen atoms in total. The highest BCUT2D eigenvalue weighted by Gasteiger charge is 2.24. The van der Waals surface area contributed by atoms with E-state index in [1.165, 1.54) is 0 Å². The molecular formula is C22H37IN4O5. The van der Waals surface area contributed by atoms with Crippen molar-refractivity contribution < 1.29 is 23.7 Å². The number of nitrogens with one attached hydrogen (secondary N) is 2. The minimum Gasteiger partial charge on any atom is -0.496 e. The van der Waals surface area contributed by atoms with Gasteiger partial charge in [0.1, 0.15) is 17.2 Å². The summed E-state index contributed by atoms with van der Waals surface area (Å²) in [5.74, 6) is 2.89. The van der Waals surface area contributed by atoms with Gasteiger partial charge in [-0.15, -0.1) is 24.0 Å². The largest absolute Gasteiger partial charge is 0.496 e. The summed E-state index contributed by atoms with van der Waals surface area (Å²) in [6, 6.07) is 3.96. The molecular weight excluding hydrogens is 527 g/mol. The van der Waals surface area contributed by atoms with Gasteiger partial charge >= 0.3 is 6.09 Å². The van der Waals surface area contributed by atoms with Gasteiger partial charge in [0.2, 0.25) is 0 Å². The lowest BCUT2D eigenvalue weighted by molar-refractivity contribution is 0.0963. The van der Waals surface area contributed by atoms with Crippen LogP contribution in [0.15, 0.2) is 17.1 Å². The van der Waals surface area contributed by atoms with E-state index in [1.807, 2.05) is 26.0 Å². The first-order chi connectivity index (χ1) is 15.1. The number of methoxy groups -OCH3 is 3. The molecule has 1 aromatic rings. The van der Waals surface area contributed by atoms with Gasteiger partial charge in [0.05, 0.1) is 27.9 Å². The van der Waals surface area contributed by atoms with Crippen molar-refractivity contribution >= 4 is 36.0 Å². The number of carbonyl (C=O) groups excluding carboxylic acids is 1. The number of aliphatic imine (C=N–C) groups is 1. The molecule has 1 fully saturated rings. The predicted octanol–water partition coefficient (Wildman–Crippen LogP) is 3.05. The first-order valence-electron chi connectivity index (χ1n) is 10.8. The van der Waals surface area contributed by atoms with E-state index >= 15 is 0 Å².